The molecule has 1 fully saturated rings. The SMILES string of the molecule is CC(=O)O[C@@H]1C[C@H](C(O)c2nccs2)N(Cc2ccccc2)C1=O. The largest absolute Gasteiger partial charge is 0.452 e. The molecule has 1 unspecified atom stereocenters. The fourth-order valence-corrected chi connectivity index (χ4v) is 3.59. The third-order valence-corrected chi connectivity index (χ3v) is 4.83. The van der Waals surface area contributed by atoms with Crippen molar-refractivity contribution in [3.05, 3.63) is 52.5 Å². The van der Waals surface area contributed by atoms with Crippen molar-refractivity contribution in [1.29, 1.82) is 0 Å². The monoisotopic (exact) mass is 346 g/mol. The molecule has 2 aromatic rings. The Bertz CT molecular complexity index is 705. The smallest absolute Gasteiger partial charge is 0.303 e. The molecule has 3 rings (SSSR count). The Morgan fingerprint density at radius 2 is 2.21 bits per heavy atom. The third-order valence-electron chi connectivity index (χ3n) is 3.99. The van der Waals surface area contributed by atoms with Crippen LogP contribution in [0.25, 0.3) is 0 Å². The molecule has 0 radical (unpaired) electrons. The van der Waals surface area contributed by atoms with E-state index >= 15 is 0 Å². The molecule has 7 heteroatoms. The van der Waals surface area contributed by atoms with E-state index in [-0.39, 0.29) is 12.3 Å². The van der Waals surface area contributed by atoms with Gasteiger partial charge in [0.2, 0.25) is 0 Å². The summed E-state index contributed by atoms with van der Waals surface area (Å²) in [5, 5.41) is 13.0. The molecule has 1 aliphatic heterocycles. The highest BCUT2D eigenvalue weighted by Gasteiger charge is 2.45. The van der Waals surface area contributed by atoms with Gasteiger partial charge in [-0.05, 0) is 5.56 Å². The van der Waals surface area contributed by atoms with E-state index in [0.29, 0.717) is 11.6 Å². The first-order chi connectivity index (χ1) is 11.6. The quantitative estimate of drug-likeness (QED) is 0.837. The summed E-state index contributed by atoms with van der Waals surface area (Å²) in [6.07, 6.45) is 0.112. The zero-order chi connectivity index (χ0) is 17.1. The minimum Gasteiger partial charge on any atom is -0.452 e. The molecule has 1 aromatic heterocycles. The van der Waals surface area contributed by atoms with Gasteiger partial charge in [0.25, 0.3) is 5.91 Å². The van der Waals surface area contributed by atoms with Crippen LogP contribution in [0.3, 0.4) is 0 Å². The van der Waals surface area contributed by atoms with Gasteiger partial charge in [0.15, 0.2) is 6.10 Å². The molecule has 6 nitrogen and oxygen atoms in total. The minimum absolute atomic E-state index is 0.256. The van der Waals surface area contributed by atoms with Crippen molar-refractivity contribution in [3.8, 4) is 0 Å². The number of aromatic nitrogens is 1. The second kappa shape index (κ2) is 7.11. The zero-order valence-electron chi connectivity index (χ0n) is 13.2. The molecule has 0 bridgehead atoms. The van der Waals surface area contributed by atoms with Gasteiger partial charge in [-0.15, -0.1) is 11.3 Å². The number of carbonyl (C=O) groups excluding carboxylic acids is 2. The van der Waals surface area contributed by atoms with Crippen LogP contribution in [0.4, 0.5) is 0 Å². The van der Waals surface area contributed by atoms with E-state index in [1.54, 1.807) is 16.5 Å². The predicted octanol–water partition coefficient (Wildman–Crippen LogP) is 1.91. The molecule has 1 amide bonds. The lowest BCUT2D eigenvalue weighted by atomic mass is 10.1. The van der Waals surface area contributed by atoms with Crippen LogP contribution in [0.1, 0.15) is 30.0 Å². The van der Waals surface area contributed by atoms with Crippen LogP contribution >= 0.6 is 11.3 Å². The highest BCUT2D eigenvalue weighted by molar-refractivity contribution is 7.09. The van der Waals surface area contributed by atoms with E-state index < -0.39 is 24.2 Å². The van der Waals surface area contributed by atoms with Crippen molar-refractivity contribution in [3.63, 3.8) is 0 Å². The lowest BCUT2D eigenvalue weighted by Crippen LogP contribution is -2.37. The maximum atomic E-state index is 12.7. The summed E-state index contributed by atoms with van der Waals surface area (Å²) < 4.78 is 5.13. The molecule has 0 saturated carbocycles. The standard InChI is InChI=1S/C17H18N2O4S/c1-11(20)23-14-9-13(15(21)16-18-7-8-24-16)19(17(14)22)10-12-5-3-2-4-6-12/h2-8,13-15,21H,9-10H2,1H3/t13-,14-,15?/m1/s1. The van der Waals surface area contributed by atoms with E-state index in [1.165, 1.54) is 18.3 Å². The summed E-state index contributed by atoms with van der Waals surface area (Å²) in [5.74, 6) is -0.785. The van der Waals surface area contributed by atoms with Crippen molar-refractivity contribution < 1.29 is 19.4 Å². The summed E-state index contributed by atoms with van der Waals surface area (Å²) in [6, 6.07) is 9.04. The lowest BCUT2D eigenvalue weighted by molar-refractivity contribution is -0.154. The Kier molecular flexibility index (Phi) is 4.92. The number of benzene rings is 1. The number of hydrogen-bond donors (Lipinski definition) is 1. The van der Waals surface area contributed by atoms with E-state index in [9.17, 15) is 14.7 Å². The summed E-state index contributed by atoms with van der Waals surface area (Å²) in [5.41, 5.74) is 0.950. The molecule has 126 valence electrons. The van der Waals surface area contributed by atoms with Gasteiger partial charge in [0.1, 0.15) is 11.1 Å². The van der Waals surface area contributed by atoms with Gasteiger partial charge in [0, 0.05) is 31.5 Å². The number of rotatable bonds is 5. The Labute approximate surface area is 143 Å². The van der Waals surface area contributed by atoms with E-state index in [2.05, 4.69) is 4.98 Å². The maximum absolute atomic E-state index is 12.7. The van der Waals surface area contributed by atoms with Gasteiger partial charge >= 0.3 is 5.97 Å². The summed E-state index contributed by atoms with van der Waals surface area (Å²) in [7, 11) is 0. The van der Waals surface area contributed by atoms with Crippen LogP contribution < -0.4 is 0 Å². The number of nitrogens with zero attached hydrogens (tertiary/aromatic N) is 2. The van der Waals surface area contributed by atoms with Gasteiger partial charge in [-0.1, -0.05) is 30.3 Å². The summed E-state index contributed by atoms with van der Waals surface area (Å²) >= 11 is 1.34. The fourth-order valence-electron chi connectivity index (χ4n) is 2.91. The Morgan fingerprint density at radius 3 is 2.83 bits per heavy atom. The Hall–Kier alpha value is -2.25. The molecular weight excluding hydrogens is 328 g/mol. The highest BCUT2D eigenvalue weighted by Crippen LogP contribution is 2.33. The number of aliphatic hydroxyl groups is 1. The van der Waals surface area contributed by atoms with Gasteiger partial charge in [-0.25, -0.2) is 4.98 Å². The van der Waals surface area contributed by atoms with Crippen molar-refractivity contribution in [2.45, 2.75) is 38.1 Å². The van der Waals surface area contributed by atoms with Gasteiger partial charge in [0.05, 0.1) is 6.04 Å². The maximum Gasteiger partial charge on any atom is 0.303 e. The minimum atomic E-state index is -0.904. The molecular formula is C17H18N2O4S. The average Bonchev–Trinajstić information content (AvgIpc) is 3.19. The number of carbonyl (C=O) groups is 2. The molecule has 1 saturated heterocycles. The molecule has 2 heterocycles. The molecule has 1 aliphatic rings. The topological polar surface area (TPSA) is 79.7 Å². The zero-order valence-corrected chi connectivity index (χ0v) is 14.0. The number of likely N-dealkylation sites (tertiary alicyclic amines) is 1. The number of esters is 1. The predicted molar refractivity (Wildman–Crippen MR) is 88.0 cm³/mol. The average molecular weight is 346 g/mol. The van der Waals surface area contributed by atoms with Crippen LogP contribution in [0.2, 0.25) is 0 Å². The Morgan fingerprint density at radius 1 is 1.46 bits per heavy atom. The van der Waals surface area contributed by atoms with Crippen LogP contribution in [-0.2, 0) is 20.9 Å². The first kappa shape index (κ1) is 16.6. The molecule has 3 atom stereocenters. The van der Waals surface area contributed by atoms with Crippen molar-refractivity contribution in [1.82, 2.24) is 9.88 Å². The molecule has 0 aliphatic carbocycles. The van der Waals surface area contributed by atoms with Gasteiger partial charge < -0.3 is 14.7 Å². The normalized spacial score (nSPS) is 21.8. The number of aliphatic hydroxyl groups excluding tert-OH is 1. The third kappa shape index (κ3) is 3.47. The first-order valence-corrected chi connectivity index (χ1v) is 8.53. The van der Waals surface area contributed by atoms with Crippen molar-refractivity contribution in [2.24, 2.45) is 0 Å². The molecule has 0 spiro atoms. The Balaban J connectivity index is 1.85. The van der Waals surface area contributed by atoms with Gasteiger partial charge in [-0.3, -0.25) is 9.59 Å². The number of amides is 1. The molecule has 1 N–H and O–H groups in total. The number of hydrogen-bond acceptors (Lipinski definition) is 6. The van der Waals surface area contributed by atoms with Crippen molar-refractivity contribution >= 4 is 23.2 Å². The summed E-state index contributed by atoms with van der Waals surface area (Å²) in [6.45, 7) is 1.63. The van der Waals surface area contributed by atoms with Crippen LogP contribution in [0.15, 0.2) is 41.9 Å². The number of ether oxygens (including phenoxy) is 1. The second-order valence-electron chi connectivity index (χ2n) is 5.67. The van der Waals surface area contributed by atoms with Crippen LogP contribution in [-0.4, -0.2) is 39.0 Å². The van der Waals surface area contributed by atoms with E-state index in [4.69, 9.17) is 4.74 Å². The highest BCUT2D eigenvalue weighted by atomic mass is 32.1. The fraction of sp³-hybridized carbons (Fsp3) is 0.353. The lowest BCUT2D eigenvalue weighted by Gasteiger charge is -2.27. The van der Waals surface area contributed by atoms with Gasteiger partial charge in [-0.2, -0.15) is 0 Å². The van der Waals surface area contributed by atoms with E-state index in [0.717, 1.165) is 5.56 Å². The number of thiazole rings is 1. The second-order valence-corrected chi connectivity index (χ2v) is 6.59. The van der Waals surface area contributed by atoms with E-state index in [1.807, 2.05) is 30.3 Å². The molecule has 1 aromatic carbocycles. The van der Waals surface area contributed by atoms with Crippen LogP contribution in [0, 0.1) is 0 Å². The van der Waals surface area contributed by atoms with Crippen molar-refractivity contribution in [2.75, 3.05) is 0 Å². The summed E-state index contributed by atoms with van der Waals surface area (Å²) in [4.78, 5) is 29.6. The van der Waals surface area contributed by atoms with Crippen LogP contribution in [0.5, 0.6) is 0 Å². The molecule has 24 heavy (non-hydrogen) atoms. The first-order valence-electron chi connectivity index (χ1n) is 7.65.